The molecule has 0 saturated carbocycles. The molecule has 20 heavy (non-hydrogen) atoms. The third-order valence-corrected chi connectivity index (χ3v) is 3.75. The summed E-state index contributed by atoms with van der Waals surface area (Å²) in [7, 11) is 0. The van der Waals surface area contributed by atoms with Crippen LogP contribution in [0.5, 0.6) is 0 Å². The molecule has 0 aromatic carbocycles. The van der Waals surface area contributed by atoms with Crippen molar-refractivity contribution in [3.63, 3.8) is 0 Å². The minimum absolute atomic E-state index is 0.0592. The van der Waals surface area contributed by atoms with E-state index in [1.807, 2.05) is 20.8 Å². The Morgan fingerprint density at radius 1 is 1.50 bits per heavy atom. The molecule has 2 rings (SSSR count). The van der Waals surface area contributed by atoms with Crippen LogP contribution in [0.1, 0.15) is 44.1 Å². The average Bonchev–Trinajstić information content (AvgIpc) is 2.97. The van der Waals surface area contributed by atoms with Gasteiger partial charge in [-0.3, -0.25) is 9.59 Å². The maximum Gasteiger partial charge on any atom is 0.240 e. The Morgan fingerprint density at radius 2 is 2.20 bits per heavy atom. The number of likely N-dealkylation sites (tertiary alicyclic amines) is 1. The molecule has 0 bridgehead atoms. The molecule has 2 heterocycles. The standard InChI is InChI=1S/C14H21N3O3/c1-8(2)12(11-7-9(3)16-20-11)14(19)17-6-4-5-10(17)13(15)18/h7-8,10,12H,4-6H2,1-3H3,(H2,15,18)/t10-,12?/m0/s1. The molecule has 1 aliphatic heterocycles. The highest BCUT2D eigenvalue weighted by Crippen LogP contribution is 2.30. The van der Waals surface area contributed by atoms with Crippen molar-refractivity contribution < 1.29 is 14.1 Å². The molecule has 1 aliphatic rings. The smallest absolute Gasteiger partial charge is 0.240 e. The first-order valence-corrected chi connectivity index (χ1v) is 6.94. The lowest BCUT2D eigenvalue weighted by molar-refractivity contribution is -0.139. The van der Waals surface area contributed by atoms with E-state index in [1.54, 1.807) is 11.0 Å². The van der Waals surface area contributed by atoms with Gasteiger partial charge in [0.25, 0.3) is 0 Å². The molecule has 6 nitrogen and oxygen atoms in total. The molecule has 0 aliphatic carbocycles. The van der Waals surface area contributed by atoms with Crippen LogP contribution in [0, 0.1) is 12.8 Å². The Bertz CT molecular complexity index is 510. The molecular weight excluding hydrogens is 258 g/mol. The number of aromatic nitrogens is 1. The van der Waals surface area contributed by atoms with Crippen molar-refractivity contribution in [1.82, 2.24) is 10.1 Å². The predicted molar refractivity (Wildman–Crippen MR) is 72.7 cm³/mol. The first-order chi connectivity index (χ1) is 9.41. The highest BCUT2D eigenvalue weighted by atomic mass is 16.5. The van der Waals surface area contributed by atoms with E-state index in [2.05, 4.69) is 5.16 Å². The van der Waals surface area contributed by atoms with Crippen molar-refractivity contribution in [3.05, 3.63) is 17.5 Å². The molecule has 2 N–H and O–H groups in total. The Balaban J connectivity index is 2.26. The van der Waals surface area contributed by atoms with Crippen molar-refractivity contribution >= 4 is 11.8 Å². The number of nitrogens with zero attached hydrogens (tertiary/aromatic N) is 2. The van der Waals surface area contributed by atoms with Gasteiger partial charge < -0.3 is 15.2 Å². The van der Waals surface area contributed by atoms with Crippen molar-refractivity contribution in [2.45, 2.75) is 45.6 Å². The summed E-state index contributed by atoms with van der Waals surface area (Å²) in [4.78, 5) is 25.8. The van der Waals surface area contributed by atoms with Crippen LogP contribution in [0.2, 0.25) is 0 Å². The number of carbonyl (C=O) groups is 2. The van der Waals surface area contributed by atoms with Gasteiger partial charge in [-0.1, -0.05) is 19.0 Å². The second-order valence-electron chi connectivity index (χ2n) is 5.68. The normalized spacial score (nSPS) is 20.4. The molecule has 110 valence electrons. The molecular formula is C14H21N3O3. The van der Waals surface area contributed by atoms with Crippen LogP contribution in [0.3, 0.4) is 0 Å². The third-order valence-electron chi connectivity index (χ3n) is 3.75. The zero-order valence-electron chi connectivity index (χ0n) is 12.1. The summed E-state index contributed by atoms with van der Waals surface area (Å²) < 4.78 is 5.25. The van der Waals surface area contributed by atoms with Gasteiger partial charge in [0.05, 0.1) is 5.69 Å². The zero-order chi connectivity index (χ0) is 14.9. The van der Waals surface area contributed by atoms with Gasteiger partial charge in [0.2, 0.25) is 11.8 Å². The minimum atomic E-state index is -0.493. The van der Waals surface area contributed by atoms with Gasteiger partial charge in [0, 0.05) is 12.6 Å². The lowest BCUT2D eigenvalue weighted by Gasteiger charge is -2.27. The van der Waals surface area contributed by atoms with Crippen LogP contribution in [0.15, 0.2) is 10.6 Å². The topological polar surface area (TPSA) is 89.4 Å². The summed E-state index contributed by atoms with van der Waals surface area (Å²) >= 11 is 0. The van der Waals surface area contributed by atoms with E-state index in [0.717, 1.165) is 12.1 Å². The van der Waals surface area contributed by atoms with E-state index in [1.165, 1.54) is 0 Å². The molecule has 2 amide bonds. The fourth-order valence-electron chi connectivity index (χ4n) is 2.77. The van der Waals surface area contributed by atoms with Crippen molar-refractivity contribution in [3.8, 4) is 0 Å². The average molecular weight is 279 g/mol. The SMILES string of the molecule is Cc1cc(C(C(=O)N2CCC[C@H]2C(N)=O)C(C)C)on1. The van der Waals surface area contributed by atoms with Gasteiger partial charge in [-0.2, -0.15) is 0 Å². The van der Waals surface area contributed by atoms with E-state index >= 15 is 0 Å². The van der Waals surface area contributed by atoms with Gasteiger partial charge in [-0.15, -0.1) is 0 Å². The van der Waals surface area contributed by atoms with Crippen LogP contribution >= 0.6 is 0 Å². The fourth-order valence-corrected chi connectivity index (χ4v) is 2.77. The lowest BCUT2D eigenvalue weighted by Crippen LogP contribution is -2.46. The largest absolute Gasteiger partial charge is 0.368 e. The summed E-state index contributed by atoms with van der Waals surface area (Å²) in [5, 5.41) is 3.85. The van der Waals surface area contributed by atoms with Crippen LogP contribution in [0.25, 0.3) is 0 Å². The van der Waals surface area contributed by atoms with E-state index in [9.17, 15) is 9.59 Å². The molecule has 0 radical (unpaired) electrons. The number of nitrogens with two attached hydrogens (primary N) is 1. The number of primary amides is 1. The van der Waals surface area contributed by atoms with E-state index in [-0.39, 0.29) is 11.8 Å². The number of aryl methyl sites for hydroxylation is 1. The molecule has 1 aromatic rings. The molecule has 2 atom stereocenters. The first kappa shape index (κ1) is 14.6. The van der Waals surface area contributed by atoms with E-state index in [0.29, 0.717) is 18.7 Å². The second kappa shape index (κ2) is 5.64. The quantitative estimate of drug-likeness (QED) is 0.896. The monoisotopic (exact) mass is 279 g/mol. The predicted octanol–water partition coefficient (Wildman–Crippen LogP) is 1.20. The molecule has 1 saturated heterocycles. The number of rotatable bonds is 4. The first-order valence-electron chi connectivity index (χ1n) is 6.94. The zero-order valence-corrected chi connectivity index (χ0v) is 12.1. The van der Waals surface area contributed by atoms with Gasteiger partial charge in [-0.25, -0.2) is 0 Å². The molecule has 6 heteroatoms. The van der Waals surface area contributed by atoms with Crippen LogP contribution < -0.4 is 5.73 Å². The van der Waals surface area contributed by atoms with Gasteiger partial charge >= 0.3 is 0 Å². The summed E-state index contributed by atoms with van der Waals surface area (Å²) in [5.74, 6) is -0.345. The van der Waals surface area contributed by atoms with E-state index < -0.39 is 17.9 Å². The highest BCUT2D eigenvalue weighted by Gasteiger charge is 2.39. The maximum absolute atomic E-state index is 12.7. The minimum Gasteiger partial charge on any atom is -0.368 e. The molecule has 1 fully saturated rings. The van der Waals surface area contributed by atoms with E-state index in [4.69, 9.17) is 10.3 Å². The van der Waals surface area contributed by atoms with Crippen LogP contribution in [-0.2, 0) is 9.59 Å². The van der Waals surface area contributed by atoms with Crippen LogP contribution in [0.4, 0.5) is 0 Å². The highest BCUT2D eigenvalue weighted by molar-refractivity contribution is 5.90. The summed E-state index contributed by atoms with van der Waals surface area (Å²) in [6, 6.07) is 1.28. The Kier molecular flexibility index (Phi) is 4.11. The number of amides is 2. The Hall–Kier alpha value is -1.85. The van der Waals surface area contributed by atoms with Gasteiger partial charge in [0.1, 0.15) is 17.7 Å². The van der Waals surface area contributed by atoms with Crippen LogP contribution in [-0.4, -0.2) is 34.5 Å². The molecule has 0 spiro atoms. The summed E-state index contributed by atoms with van der Waals surface area (Å²) in [5.41, 5.74) is 6.12. The second-order valence-corrected chi connectivity index (χ2v) is 5.68. The number of hydrogen-bond donors (Lipinski definition) is 1. The van der Waals surface area contributed by atoms with Crippen molar-refractivity contribution in [1.29, 1.82) is 0 Å². The molecule has 1 aromatic heterocycles. The fraction of sp³-hybridized carbons (Fsp3) is 0.643. The summed E-state index contributed by atoms with van der Waals surface area (Å²) in [6.45, 7) is 6.30. The van der Waals surface area contributed by atoms with Crippen molar-refractivity contribution in [2.75, 3.05) is 6.54 Å². The summed E-state index contributed by atoms with van der Waals surface area (Å²) in [6.07, 6.45) is 1.45. The number of carbonyl (C=O) groups excluding carboxylic acids is 2. The van der Waals surface area contributed by atoms with Gasteiger partial charge in [-0.05, 0) is 25.7 Å². The van der Waals surface area contributed by atoms with Crippen molar-refractivity contribution in [2.24, 2.45) is 11.7 Å². The maximum atomic E-state index is 12.7. The Morgan fingerprint density at radius 3 is 2.70 bits per heavy atom. The third kappa shape index (κ3) is 2.69. The van der Waals surface area contributed by atoms with Gasteiger partial charge in [0.15, 0.2) is 0 Å². The lowest BCUT2D eigenvalue weighted by atomic mass is 9.91. The Labute approximate surface area is 118 Å². The molecule has 1 unspecified atom stereocenters. The number of hydrogen-bond acceptors (Lipinski definition) is 4.